The van der Waals surface area contributed by atoms with Crippen LogP contribution in [-0.4, -0.2) is 105 Å². The number of aryl methyl sites for hydroxylation is 2. The zero-order valence-electron chi connectivity index (χ0n) is 35.3. The second-order valence-corrected chi connectivity index (χ2v) is 17.7. The number of aromatic carboxylic acids is 2. The number of carboxylic acids is 2. The molecule has 0 fully saturated rings. The second-order valence-electron chi connectivity index (χ2n) is 13.8. The molecule has 0 unspecified atom stereocenters. The number of nitrogens with zero attached hydrogens (tertiary/aromatic N) is 7. The van der Waals surface area contributed by atoms with Gasteiger partial charge in [-0.1, -0.05) is 17.2 Å². The third-order valence-electron chi connectivity index (χ3n) is 8.61. The van der Waals surface area contributed by atoms with E-state index >= 15 is 0 Å². The SMILES string of the molecule is Cc1cc(Nc2nc(NCCS(=O)(=O)O)nc(Nc3cc(C)c(N=Nc4cccc(C(=O)O)c4)cc3OCCCS(=O)(=O)O)n2)c(OCCCSOOO)cc1N=Nc1cccc(C(=O)O)c1. The molecule has 0 aliphatic carbocycles. The van der Waals surface area contributed by atoms with Gasteiger partial charge in [-0.2, -0.15) is 52.2 Å². The first kappa shape index (κ1) is 51.1. The van der Waals surface area contributed by atoms with Gasteiger partial charge < -0.3 is 35.6 Å². The third kappa shape index (κ3) is 17.1. The predicted octanol–water partition coefficient (Wildman–Crippen LogP) is 8.00. The van der Waals surface area contributed by atoms with E-state index in [4.69, 9.17) is 14.7 Å². The van der Waals surface area contributed by atoms with Gasteiger partial charge in [0.2, 0.25) is 17.8 Å². The normalized spacial score (nSPS) is 11.8. The number of nitrogens with one attached hydrogen (secondary N) is 3. The van der Waals surface area contributed by atoms with Crippen molar-refractivity contribution in [2.45, 2.75) is 26.7 Å². The highest BCUT2D eigenvalue weighted by Gasteiger charge is 2.17. The highest BCUT2D eigenvalue weighted by molar-refractivity contribution is 7.94. The number of aromatic nitrogens is 3. The van der Waals surface area contributed by atoms with Crippen LogP contribution in [0.25, 0.3) is 0 Å². The van der Waals surface area contributed by atoms with Crippen LogP contribution in [0, 0.1) is 13.8 Å². The van der Waals surface area contributed by atoms with E-state index < -0.39 is 43.7 Å². The first-order valence-corrected chi connectivity index (χ1v) is 23.6. The van der Waals surface area contributed by atoms with Gasteiger partial charge in [-0.05, 0) is 86.3 Å². The number of anilines is 5. The van der Waals surface area contributed by atoms with Crippen LogP contribution in [0.5, 0.6) is 11.5 Å². The fourth-order valence-corrected chi connectivity index (χ4v) is 6.70. The van der Waals surface area contributed by atoms with Crippen LogP contribution in [0.3, 0.4) is 0 Å². The second kappa shape index (κ2) is 24.0. The lowest BCUT2D eigenvalue weighted by molar-refractivity contribution is -0.432. The van der Waals surface area contributed by atoms with E-state index in [1.165, 1.54) is 42.5 Å². The summed E-state index contributed by atoms with van der Waals surface area (Å²) in [7, 11) is -8.71. The van der Waals surface area contributed by atoms with Gasteiger partial charge >= 0.3 is 11.9 Å². The first-order chi connectivity index (χ1) is 31.9. The van der Waals surface area contributed by atoms with Gasteiger partial charge in [0, 0.05) is 36.5 Å². The molecule has 28 heteroatoms. The highest BCUT2D eigenvalue weighted by Crippen LogP contribution is 2.38. The number of benzene rings is 4. The van der Waals surface area contributed by atoms with Gasteiger partial charge in [-0.25, -0.2) is 14.8 Å². The molecule has 1 heterocycles. The molecule has 1 aromatic heterocycles. The van der Waals surface area contributed by atoms with Crippen LogP contribution in [0.2, 0.25) is 0 Å². The van der Waals surface area contributed by atoms with Crippen LogP contribution in [0.15, 0.2) is 93.3 Å². The van der Waals surface area contributed by atoms with Gasteiger partial charge in [0.25, 0.3) is 20.2 Å². The van der Waals surface area contributed by atoms with Gasteiger partial charge in [-0.15, -0.1) is 4.33 Å². The molecule has 25 nitrogen and oxygen atoms in total. The van der Waals surface area contributed by atoms with E-state index in [-0.39, 0.29) is 89.4 Å². The molecule has 356 valence electrons. The Bertz CT molecular complexity index is 2850. The van der Waals surface area contributed by atoms with Crippen molar-refractivity contribution in [1.29, 1.82) is 0 Å². The minimum atomic E-state index is -4.40. The summed E-state index contributed by atoms with van der Waals surface area (Å²) in [5.41, 5.74) is 2.73. The molecule has 0 bridgehead atoms. The van der Waals surface area contributed by atoms with E-state index in [9.17, 15) is 45.7 Å². The highest BCUT2D eigenvalue weighted by atomic mass is 32.2. The maximum Gasteiger partial charge on any atom is 0.335 e. The maximum absolute atomic E-state index is 11.6. The number of hydrogen-bond donors (Lipinski definition) is 8. The fraction of sp³-hybridized carbons (Fsp3) is 0.256. The quantitative estimate of drug-likeness (QED) is 0.00649. The lowest BCUT2D eigenvalue weighted by Gasteiger charge is -2.17. The molecule has 8 N–H and O–H groups in total. The molecule has 0 amide bonds. The Hall–Kier alpha value is -6.92. The van der Waals surface area contributed by atoms with E-state index in [2.05, 4.69) is 60.7 Å². The fourth-order valence-electron chi connectivity index (χ4n) is 5.51. The zero-order chi connectivity index (χ0) is 48.6. The molecule has 0 atom stereocenters. The number of carboxylic acid groups (broad SMARTS) is 2. The van der Waals surface area contributed by atoms with Crippen molar-refractivity contribution in [3.8, 4) is 11.5 Å². The van der Waals surface area contributed by atoms with Crippen LogP contribution in [0.1, 0.15) is 44.7 Å². The smallest absolute Gasteiger partial charge is 0.335 e. The van der Waals surface area contributed by atoms with Crippen molar-refractivity contribution < 1.29 is 69.8 Å². The van der Waals surface area contributed by atoms with Crippen LogP contribution in [0.4, 0.5) is 52.0 Å². The minimum absolute atomic E-state index is 0.00949. The summed E-state index contributed by atoms with van der Waals surface area (Å²) in [6.45, 7) is 2.99. The van der Waals surface area contributed by atoms with Crippen molar-refractivity contribution in [3.63, 3.8) is 0 Å². The number of carbonyl (C=O) groups is 2. The summed E-state index contributed by atoms with van der Waals surface area (Å²) in [5.74, 6) is -3.39. The first-order valence-electron chi connectivity index (χ1n) is 19.4. The number of hydrogen-bond acceptors (Lipinski definition) is 22. The average molecular weight is 987 g/mol. The topological polar surface area (TPSA) is 365 Å². The standard InChI is InChI=1S/C39H42N10O15S3/c1-23-17-31(33(61-12-5-14-65-64-63-54)21-29(23)48-46-27-9-3-7-25(19-27)35(50)51)41-38-43-37(40-11-16-67(58,59)60)44-39(45-38)42-32-18-24(2)30(22-34(32)62-13-6-15-66(55,56)57)49-47-28-10-4-8-26(20-28)36(52)53/h3-4,7-10,17-22,54H,5-6,11-16H2,1-2H3,(H,50,51)(H,52,53)(H,55,56,57)(H,58,59,60)(H3,40,41,42,43,44,45). The van der Waals surface area contributed by atoms with Crippen LogP contribution < -0.4 is 25.4 Å². The van der Waals surface area contributed by atoms with Crippen molar-refractivity contribution in [3.05, 3.63) is 95.1 Å². The summed E-state index contributed by atoms with van der Waals surface area (Å²) in [4.78, 5) is 36.2. The number of rotatable bonds is 26. The maximum atomic E-state index is 11.6. The van der Waals surface area contributed by atoms with Gasteiger partial charge in [0.05, 0.1) is 70.0 Å². The molecule has 67 heavy (non-hydrogen) atoms. The van der Waals surface area contributed by atoms with E-state index in [1.807, 2.05) is 0 Å². The Kier molecular flexibility index (Phi) is 18.3. The predicted molar refractivity (Wildman–Crippen MR) is 243 cm³/mol. The summed E-state index contributed by atoms with van der Waals surface area (Å²) in [5, 5.41) is 56.6. The van der Waals surface area contributed by atoms with E-state index in [0.29, 0.717) is 34.7 Å². The van der Waals surface area contributed by atoms with Gasteiger partial charge in [-0.3, -0.25) is 9.11 Å². The van der Waals surface area contributed by atoms with E-state index in [1.54, 1.807) is 44.2 Å². The molecule has 0 saturated carbocycles. The molecule has 0 saturated heterocycles. The van der Waals surface area contributed by atoms with Crippen molar-refractivity contribution in [2.75, 3.05) is 53.0 Å². The number of azo groups is 2. The van der Waals surface area contributed by atoms with E-state index in [0.717, 1.165) is 12.0 Å². The Morgan fingerprint density at radius 1 is 0.657 bits per heavy atom. The Balaban J connectivity index is 1.52. The molecule has 0 aliphatic rings. The van der Waals surface area contributed by atoms with Crippen molar-refractivity contribution in [2.24, 2.45) is 20.5 Å². The summed E-state index contributed by atoms with van der Waals surface area (Å²) in [6.07, 6.45) is 0.289. The lowest BCUT2D eigenvalue weighted by atomic mass is 10.1. The molecule has 0 aliphatic heterocycles. The zero-order valence-corrected chi connectivity index (χ0v) is 37.7. The van der Waals surface area contributed by atoms with Gasteiger partial charge in [0.15, 0.2) is 0 Å². The molecule has 5 aromatic rings. The summed E-state index contributed by atoms with van der Waals surface area (Å²) >= 11 is 0.825. The molecular weight excluding hydrogens is 945 g/mol. The lowest BCUT2D eigenvalue weighted by Crippen LogP contribution is -2.17. The average Bonchev–Trinajstić information content (AvgIpc) is 3.26. The Morgan fingerprint density at radius 2 is 1.13 bits per heavy atom. The van der Waals surface area contributed by atoms with Crippen molar-refractivity contribution in [1.82, 2.24) is 15.0 Å². The van der Waals surface area contributed by atoms with Gasteiger partial charge in [0.1, 0.15) is 11.5 Å². The Labute approximate surface area is 386 Å². The van der Waals surface area contributed by atoms with Crippen LogP contribution >= 0.6 is 12.0 Å². The summed E-state index contributed by atoms with van der Waals surface area (Å²) < 4.78 is 81.0. The third-order valence-corrected chi connectivity index (χ3v) is 10.7. The largest absolute Gasteiger partial charge is 0.491 e. The molecule has 4 aromatic carbocycles. The minimum Gasteiger partial charge on any atom is -0.491 e. The van der Waals surface area contributed by atoms with Crippen LogP contribution in [-0.2, 0) is 29.6 Å². The molecule has 5 rings (SSSR count). The molecule has 0 spiro atoms. The monoisotopic (exact) mass is 986 g/mol. The molecule has 0 radical (unpaired) electrons. The Morgan fingerprint density at radius 3 is 1.60 bits per heavy atom. The van der Waals surface area contributed by atoms with Crippen molar-refractivity contribution >= 4 is 96.2 Å². The summed E-state index contributed by atoms with van der Waals surface area (Å²) in [6, 6.07) is 17.9. The molecular formula is C39H42N10O15S3. The number of ether oxygens (including phenoxy) is 2.